The first-order valence-electron chi connectivity index (χ1n) is 6.92. The molecule has 1 saturated heterocycles. The molecule has 1 fully saturated rings. The molecule has 1 aromatic heterocycles. The van der Waals surface area contributed by atoms with E-state index < -0.39 is 5.38 Å². The minimum absolute atomic E-state index is 0.128. The van der Waals surface area contributed by atoms with Crippen LogP contribution in [0.1, 0.15) is 19.8 Å². The van der Waals surface area contributed by atoms with Crippen molar-refractivity contribution in [2.45, 2.75) is 25.1 Å². The standard InChI is InChI=1S/C14H19ClN4O2/c1-9(15)14(21)18-11-4-5-12(17-7-11)19-6-2-3-10(8-19)13(16)20/h4-5,7,9-10H,2-3,6,8H2,1H3,(H2,16,20)(H,18,21). The second-order valence-corrected chi connectivity index (χ2v) is 5.85. The first kappa shape index (κ1) is 15.6. The van der Waals surface area contributed by atoms with Crippen LogP contribution < -0.4 is 16.0 Å². The molecule has 21 heavy (non-hydrogen) atoms. The highest BCUT2D eigenvalue weighted by Gasteiger charge is 2.24. The molecule has 2 amide bonds. The van der Waals surface area contributed by atoms with Gasteiger partial charge in [0.2, 0.25) is 11.8 Å². The summed E-state index contributed by atoms with van der Waals surface area (Å²) >= 11 is 5.69. The van der Waals surface area contributed by atoms with Gasteiger partial charge < -0.3 is 16.0 Å². The van der Waals surface area contributed by atoms with Gasteiger partial charge in [-0.1, -0.05) is 0 Å². The summed E-state index contributed by atoms with van der Waals surface area (Å²) in [6.07, 6.45) is 3.32. The molecule has 0 aliphatic carbocycles. The summed E-state index contributed by atoms with van der Waals surface area (Å²) in [5.41, 5.74) is 5.97. The Labute approximate surface area is 128 Å². The molecule has 0 bridgehead atoms. The average molecular weight is 311 g/mol. The van der Waals surface area contributed by atoms with Crippen LogP contribution in [-0.2, 0) is 9.59 Å². The summed E-state index contributed by atoms with van der Waals surface area (Å²) in [7, 11) is 0. The monoisotopic (exact) mass is 310 g/mol. The number of carbonyl (C=O) groups is 2. The van der Waals surface area contributed by atoms with Crippen LogP contribution >= 0.6 is 11.6 Å². The van der Waals surface area contributed by atoms with E-state index in [2.05, 4.69) is 10.3 Å². The average Bonchev–Trinajstić information content (AvgIpc) is 2.48. The Balaban J connectivity index is 2.01. The normalized spacial score (nSPS) is 19.9. The zero-order valence-corrected chi connectivity index (χ0v) is 12.6. The van der Waals surface area contributed by atoms with E-state index in [0.29, 0.717) is 12.2 Å². The molecule has 1 aliphatic heterocycles. The Bertz CT molecular complexity index is 518. The van der Waals surface area contributed by atoms with Crippen LogP contribution in [-0.4, -0.2) is 35.3 Å². The highest BCUT2D eigenvalue weighted by molar-refractivity contribution is 6.32. The van der Waals surface area contributed by atoms with E-state index >= 15 is 0 Å². The van der Waals surface area contributed by atoms with Crippen molar-refractivity contribution in [3.05, 3.63) is 18.3 Å². The summed E-state index contributed by atoms with van der Waals surface area (Å²) in [6, 6.07) is 3.59. The van der Waals surface area contributed by atoms with Crippen molar-refractivity contribution in [2.75, 3.05) is 23.3 Å². The van der Waals surface area contributed by atoms with Crippen LogP contribution in [0.5, 0.6) is 0 Å². The van der Waals surface area contributed by atoms with Gasteiger partial charge in [0.05, 0.1) is 17.8 Å². The van der Waals surface area contributed by atoms with Crippen molar-refractivity contribution in [3.8, 4) is 0 Å². The number of aromatic nitrogens is 1. The number of alkyl halides is 1. The van der Waals surface area contributed by atoms with Gasteiger partial charge in [-0.2, -0.15) is 0 Å². The van der Waals surface area contributed by atoms with E-state index in [1.165, 1.54) is 0 Å². The number of primary amides is 1. The van der Waals surface area contributed by atoms with Gasteiger partial charge >= 0.3 is 0 Å². The van der Waals surface area contributed by atoms with E-state index in [1.807, 2.05) is 11.0 Å². The lowest BCUT2D eigenvalue weighted by atomic mass is 9.97. The van der Waals surface area contributed by atoms with E-state index in [-0.39, 0.29) is 17.7 Å². The number of hydrogen-bond acceptors (Lipinski definition) is 4. The van der Waals surface area contributed by atoms with Crippen molar-refractivity contribution >= 4 is 34.9 Å². The molecule has 6 nitrogen and oxygen atoms in total. The third-order valence-electron chi connectivity index (χ3n) is 3.52. The number of nitrogens with two attached hydrogens (primary N) is 1. The molecule has 0 saturated carbocycles. The van der Waals surface area contributed by atoms with Crippen LogP contribution in [0.15, 0.2) is 18.3 Å². The topological polar surface area (TPSA) is 88.3 Å². The third-order valence-corrected chi connectivity index (χ3v) is 3.72. The van der Waals surface area contributed by atoms with Gasteiger partial charge in [0, 0.05) is 13.1 Å². The summed E-state index contributed by atoms with van der Waals surface area (Å²) < 4.78 is 0. The minimum Gasteiger partial charge on any atom is -0.369 e. The van der Waals surface area contributed by atoms with Crippen LogP contribution in [0.3, 0.4) is 0 Å². The van der Waals surface area contributed by atoms with Crippen LogP contribution in [0.2, 0.25) is 0 Å². The molecule has 1 aliphatic rings. The van der Waals surface area contributed by atoms with Crippen molar-refractivity contribution in [1.82, 2.24) is 4.98 Å². The maximum Gasteiger partial charge on any atom is 0.242 e. The number of halogens is 1. The van der Waals surface area contributed by atoms with E-state index in [9.17, 15) is 9.59 Å². The molecular weight excluding hydrogens is 292 g/mol. The fraction of sp³-hybridized carbons (Fsp3) is 0.500. The number of nitrogens with one attached hydrogen (secondary N) is 1. The number of rotatable bonds is 4. The molecule has 7 heteroatoms. The number of pyridine rings is 1. The van der Waals surface area contributed by atoms with Crippen LogP contribution in [0.25, 0.3) is 0 Å². The van der Waals surface area contributed by atoms with Crippen molar-refractivity contribution < 1.29 is 9.59 Å². The van der Waals surface area contributed by atoms with E-state index in [1.54, 1.807) is 19.2 Å². The van der Waals surface area contributed by atoms with Gasteiger partial charge in [-0.25, -0.2) is 4.98 Å². The van der Waals surface area contributed by atoms with Gasteiger partial charge in [0.15, 0.2) is 0 Å². The maximum atomic E-state index is 11.5. The number of piperidine rings is 1. The fourth-order valence-electron chi connectivity index (χ4n) is 2.31. The molecule has 2 heterocycles. The second kappa shape index (κ2) is 6.76. The molecule has 0 spiro atoms. The Kier molecular flexibility index (Phi) is 5.01. The first-order chi connectivity index (χ1) is 9.97. The smallest absolute Gasteiger partial charge is 0.242 e. The number of nitrogens with zero attached hydrogens (tertiary/aromatic N) is 2. The predicted molar refractivity (Wildman–Crippen MR) is 82.3 cm³/mol. The van der Waals surface area contributed by atoms with Crippen LogP contribution in [0, 0.1) is 5.92 Å². The molecule has 0 aromatic carbocycles. The number of amides is 2. The minimum atomic E-state index is -0.594. The largest absolute Gasteiger partial charge is 0.369 e. The lowest BCUT2D eigenvalue weighted by molar-refractivity contribution is -0.122. The van der Waals surface area contributed by atoms with Gasteiger partial charge in [-0.15, -0.1) is 11.6 Å². The van der Waals surface area contributed by atoms with Gasteiger partial charge in [-0.3, -0.25) is 9.59 Å². The van der Waals surface area contributed by atoms with Gasteiger partial charge in [0.25, 0.3) is 0 Å². The van der Waals surface area contributed by atoms with Gasteiger partial charge in [0.1, 0.15) is 11.2 Å². The SMILES string of the molecule is CC(Cl)C(=O)Nc1ccc(N2CCCC(C(N)=O)C2)nc1. The zero-order valence-electron chi connectivity index (χ0n) is 11.9. The van der Waals surface area contributed by atoms with Gasteiger partial charge in [-0.05, 0) is 31.9 Å². The van der Waals surface area contributed by atoms with Crippen molar-refractivity contribution in [2.24, 2.45) is 11.7 Å². The molecule has 2 unspecified atom stereocenters. The number of anilines is 2. The fourth-order valence-corrected chi connectivity index (χ4v) is 2.36. The van der Waals surface area contributed by atoms with Crippen LogP contribution in [0.4, 0.5) is 11.5 Å². The Hall–Kier alpha value is -1.82. The Morgan fingerprint density at radius 3 is 2.86 bits per heavy atom. The predicted octanol–water partition coefficient (Wildman–Crippen LogP) is 1.35. The lowest BCUT2D eigenvalue weighted by Crippen LogP contribution is -2.41. The number of hydrogen-bond donors (Lipinski definition) is 2. The summed E-state index contributed by atoms with van der Waals surface area (Å²) in [4.78, 5) is 29.1. The summed E-state index contributed by atoms with van der Waals surface area (Å²) in [6.45, 7) is 3.05. The zero-order chi connectivity index (χ0) is 15.4. The van der Waals surface area contributed by atoms with Crippen molar-refractivity contribution in [1.29, 1.82) is 0 Å². The molecule has 1 aromatic rings. The van der Waals surface area contributed by atoms with Crippen molar-refractivity contribution in [3.63, 3.8) is 0 Å². The quantitative estimate of drug-likeness (QED) is 0.822. The third kappa shape index (κ3) is 4.07. The highest BCUT2D eigenvalue weighted by Crippen LogP contribution is 2.22. The maximum absolute atomic E-state index is 11.5. The summed E-state index contributed by atoms with van der Waals surface area (Å²) in [5.74, 6) is 0.118. The summed E-state index contributed by atoms with van der Waals surface area (Å²) in [5, 5.41) is 2.08. The lowest BCUT2D eigenvalue weighted by Gasteiger charge is -2.32. The molecule has 3 N–H and O–H groups in total. The van der Waals surface area contributed by atoms with E-state index in [4.69, 9.17) is 17.3 Å². The second-order valence-electron chi connectivity index (χ2n) is 5.20. The molecule has 2 rings (SSSR count). The highest BCUT2D eigenvalue weighted by atomic mass is 35.5. The van der Waals surface area contributed by atoms with E-state index in [0.717, 1.165) is 25.2 Å². The molecule has 0 radical (unpaired) electrons. The Morgan fingerprint density at radius 2 is 2.29 bits per heavy atom. The molecular formula is C14H19ClN4O2. The number of carbonyl (C=O) groups excluding carboxylic acids is 2. The Morgan fingerprint density at radius 1 is 1.52 bits per heavy atom. The first-order valence-corrected chi connectivity index (χ1v) is 7.36. The molecule has 2 atom stereocenters. The molecule has 114 valence electrons.